The van der Waals surface area contributed by atoms with Crippen molar-refractivity contribution in [3.8, 4) is 0 Å². The number of hydrogen-bond donors (Lipinski definition) is 3. The van der Waals surface area contributed by atoms with E-state index in [1.165, 1.54) is 193 Å². The van der Waals surface area contributed by atoms with Crippen LogP contribution in [0.5, 0.6) is 0 Å². The maximum atomic E-state index is 13.1. The summed E-state index contributed by atoms with van der Waals surface area (Å²) in [6.07, 6.45) is 63.4. The summed E-state index contributed by atoms with van der Waals surface area (Å²) in [5.74, 6) is 0.195. The lowest BCUT2D eigenvalue weighted by molar-refractivity contribution is -0.161. The minimum Gasteiger partial charge on any atom is -0.462 e. The molecule has 0 saturated carbocycles. The lowest BCUT2D eigenvalue weighted by atomic mass is 9.99. The van der Waals surface area contributed by atoms with E-state index in [4.69, 9.17) is 37.0 Å². The van der Waals surface area contributed by atoms with Crippen LogP contribution < -0.4 is 0 Å². The molecule has 3 N–H and O–H groups in total. The van der Waals surface area contributed by atoms with Crippen molar-refractivity contribution in [2.45, 2.75) is 420 Å². The molecule has 101 heavy (non-hydrogen) atoms. The van der Waals surface area contributed by atoms with Crippen LogP contribution in [0.25, 0.3) is 0 Å². The van der Waals surface area contributed by atoms with E-state index in [0.29, 0.717) is 31.6 Å². The van der Waals surface area contributed by atoms with E-state index >= 15 is 0 Å². The van der Waals surface area contributed by atoms with Crippen LogP contribution in [-0.4, -0.2) is 96.7 Å². The van der Waals surface area contributed by atoms with E-state index in [1.54, 1.807) is 0 Å². The Labute approximate surface area is 618 Å². The molecule has 0 aromatic heterocycles. The third-order valence-corrected chi connectivity index (χ3v) is 20.8. The number of aliphatic hydroxyl groups excluding tert-OH is 1. The van der Waals surface area contributed by atoms with Gasteiger partial charge in [-0.15, -0.1) is 0 Å². The number of ether oxygens (including phenoxy) is 4. The molecule has 0 rings (SSSR count). The first-order chi connectivity index (χ1) is 48.8. The second-order valence-electron chi connectivity index (χ2n) is 30.0. The number of rotatable bonds is 78. The minimum absolute atomic E-state index is 0.0841. The average Bonchev–Trinajstić information content (AvgIpc) is 0.934. The number of aliphatic hydroxyl groups is 1. The van der Waals surface area contributed by atoms with Crippen molar-refractivity contribution in [1.82, 2.24) is 0 Å². The summed E-state index contributed by atoms with van der Waals surface area (Å²) in [7, 11) is -9.93. The van der Waals surface area contributed by atoms with E-state index in [9.17, 15) is 43.2 Å². The van der Waals surface area contributed by atoms with Gasteiger partial charge >= 0.3 is 39.5 Å². The highest BCUT2D eigenvalue weighted by atomic mass is 31.2. The van der Waals surface area contributed by atoms with Crippen LogP contribution >= 0.6 is 15.6 Å². The van der Waals surface area contributed by atoms with Gasteiger partial charge in [-0.25, -0.2) is 9.13 Å². The first kappa shape index (κ1) is 98.5. The number of hydrogen-bond acceptors (Lipinski definition) is 15. The van der Waals surface area contributed by atoms with Crippen LogP contribution in [0.4, 0.5) is 0 Å². The molecule has 0 radical (unpaired) electrons. The van der Waals surface area contributed by atoms with Gasteiger partial charge in [0.15, 0.2) is 12.2 Å². The summed E-state index contributed by atoms with van der Waals surface area (Å²) in [6, 6.07) is 0. The third kappa shape index (κ3) is 74.2. The molecular formula is C82H156O17P2. The summed E-state index contributed by atoms with van der Waals surface area (Å²) < 4.78 is 68.6. The van der Waals surface area contributed by atoms with E-state index < -0.39 is 97.5 Å². The van der Waals surface area contributed by atoms with Gasteiger partial charge in [-0.2, -0.15) is 0 Å². The number of carbonyl (C=O) groups excluding carboxylic acids is 4. The summed E-state index contributed by atoms with van der Waals surface area (Å²) in [4.78, 5) is 73.0. The SMILES string of the molecule is CCCCCC/C=C\C=C/CCCCCCCC(=O)O[C@H](COC(=O)CCCCCCCCCC(C)C)COP(=O)(O)OCC(O)COP(=O)(O)OC[C@@H](COC(=O)CCCCCCCCCCCCCCCCCCCCC(C)CC)OC(=O)CCCCCCCCCCCCCC(C)C. The van der Waals surface area contributed by atoms with Crippen LogP contribution in [0.1, 0.15) is 402 Å². The quantitative estimate of drug-likeness (QED) is 0.0169. The Morgan fingerprint density at radius 3 is 0.881 bits per heavy atom. The summed E-state index contributed by atoms with van der Waals surface area (Å²) in [6.45, 7) is 11.9. The minimum atomic E-state index is -4.97. The van der Waals surface area contributed by atoms with Crippen LogP contribution in [0.15, 0.2) is 24.3 Å². The fraction of sp³-hybridized carbons (Fsp3) is 0.902. The molecule has 0 bridgehead atoms. The van der Waals surface area contributed by atoms with Crippen LogP contribution in [-0.2, 0) is 65.4 Å². The lowest BCUT2D eigenvalue weighted by Crippen LogP contribution is -2.30. The highest BCUT2D eigenvalue weighted by Gasteiger charge is 2.30. The van der Waals surface area contributed by atoms with E-state index in [2.05, 4.69) is 72.8 Å². The smallest absolute Gasteiger partial charge is 0.462 e. The molecule has 0 aliphatic carbocycles. The predicted octanol–water partition coefficient (Wildman–Crippen LogP) is 24.1. The highest BCUT2D eigenvalue weighted by Crippen LogP contribution is 2.45. The second-order valence-corrected chi connectivity index (χ2v) is 32.9. The molecule has 0 aromatic rings. The van der Waals surface area contributed by atoms with Gasteiger partial charge in [0.1, 0.15) is 19.3 Å². The zero-order chi connectivity index (χ0) is 74.4. The largest absolute Gasteiger partial charge is 0.472 e. The second kappa shape index (κ2) is 71.8. The van der Waals surface area contributed by atoms with E-state index in [-0.39, 0.29) is 25.7 Å². The molecule has 0 saturated heterocycles. The number of esters is 4. The van der Waals surface area contributed by atoms with Gasteiger partial charge in [-0.1, -0.05) is 349 Å². The van der Waals surface area contributed by atoms with Crippen molar-refractivity contribution in [2.24, 2.45) is 17.8 Å². The van der Waals surface area contributed by atoms with Gasteiger partial charge in [-0.05, 0) is 69.1 Å². The normalized spacial score (nSPS) is 14.4. The highest BCUT2D eigenvalue weighted by molar-refractivity contribution is 7.47. The summed E-state index contributed by atoms with van der Waals surface area (Å²) in [5, 5.41) is 10.6. The van der Waals surface area contributed by atoms with Gasteiger partial charge in [-0.3, -0.25) is 37.3 Å². The van der Waals surface area contributed by atoms with Crippen molar-refractivity contribution >= 4 is 39.5 Å². The summed E-state index contributed by atoms with van der Waals surface area (Å²) >= 11 is 0. The van der Waals surface area contributed by atoms with Crippen molar-refractivity contribution in [2.75, 3.05) is 39.6 Å². The molecule has 0 amide bonds. The third-order valence-electron chi connectivity index (χ3n) is 18.9. The Kier molecular flexibility index (Phi) is 70.0. The molecule has 596 valence electrons. The molecule has 6 atom stereocenters. The molecule has 17 nitrogen and oxygen atoms in total. The molecule has 0 aliphatic heterocycles. The number of phosphoric acid groups is 2. The first-order valence-electron chi connectivity index (χ1n) is 41.7. The maximum absolute atomic E-state index is 13.1. The number of carbonyl (C=O) groups is 4. The van der Waals surface area contributed by atoms with Crippen molar-refractivity contribution < 1.29 is 80.2 Å². The predicted molar refractivity (Wildman–Crippen MR) is 414 cm³/mol. The van der Waals surface area contributed by atoms with Gasteiger partial charge in [0.2, 0.25) is 0 Å². The van der Waals surface area contributed by atoms with Crippen LogP contribution in [0.2, 0.25) is 0 Å². The zero-order valence-electron chi connectivity index (χ0n) is 65.9. The molecule has 19 heteroatoms. The summed E-state index contributed by atoms with van der Waals surface area (Å²) in [5.41, 5.74) is 0. The number of unbranched alkanes of at least 4 members (excludes halogenated alkanes) is 42. The Morgan fingerprint density at radius 2 is 0.584 bits per heavy atom. The fourth-order valence-electron chi connectivity index (χ4n) is 12.1. The van der Waals surface area contributed by atoms with Gasteiger partial charge in [0.25, 0.3) is 0 Å². The van der Waals surface area contributed by atoms with E-state index in [0.717, 1.165) is 121 Å². The lowest BCUT2D eigenvalue weighted by Gasteiger charge is -2.21. The van der Waals surface area contributed by atoms with Crippen molar-refractivity contribution in [1.29, 1.82) is 0 Å². The number of allylic oxidation sites excluding steroid dienone is 4. The molecule has 0 aliphatic rings. The van der Waals surface area contributed by atoms with E-state index in [1.807, 2.05) is 0 Å². The molecule has 0 spiro atoms. The van der Waals surface area contributed by atoms with Gasteiger partial charge in [0, 0.05) is 25.7 Å². The van der Waals surface area contributed by atoms with Crippen LogP contribution in [0, 0.1) is 17.8 Å². The first-order valence-corrected chi connectivity index (χ1v) is 44.7. The van der Waals surface area contributed by atoms with Gasteiger partial charge < -0.3 is 33.8 Å². The molecule has 4 unspecified atom stereocenters. The van der Waals surface area contributed by atoms with Crippen molar-refractivity contribution in [3.05, 3.63) is 24.3 Å². The molecular weight excluding hydrogens is 1320 g/mol. The number of phosphoric ester groups is 2. The zero-order valence-corrected chi connectivity index (χ0v) is 67.6. The Hall–Kier alpha value is -2.46. The monoisotopic (exact) mass is 1480 g/mol. The Balaban J connectivity index is 5.22. The average molecular weight is 1480 g/mol. The molecule has 0 aromatic carbocycles. The topological polar surface area (TPSA) is 237 Å². The Morgan fingerprint density at radius 1 is 0.327 bits per heavy atom. The molecule has 0 heterocycles. The maximum Gasteiger partial charge on any atom is 0.472 e. The Bertz CT molecular complexity index is 2050. The van der Waals surface area contributed by atoms with Gasteiger partial charge in [0.05, 0.1) is 26.4 Å². The van der Waals surface area contributed by atoms with Crippen LogP contribution in [0.3, 0.4) is 0 Å². The van der Waals surface area contributed by atoms with Crippen molar-refractivity contribution in [3.63, 3.8) is 0 Å². The molecule has 0 fully saturated rings. The fourth-order valence-corrected chi connectivity index (χ4v) is 13.7. The standard InChI is InChI=1S/C82H156O17P2/c1-8-10-11-12-13-14-15-16-21-26-31-36-43-51-58-65-81(86)99-78(70-93-80(85)64-57-50-45-38-40-47-54-61-74(5)6)72-97-101(90,91)95-68-76(83)67-94-100(88,89)96-71-77(98-82(87)66-59-52-44-37-32-27-28-33-39-46-53-60-73(3)4)69-92-79(84)63-56-49-42-35-30-25-23-20-18-17-19-22-24-29-34-41-48-55-62-75(7)9-2/h14-16,21,73-78,83H,8-13,17-20,22-72H2,1-7H3,(H,88,89)(H,90,91)/b15-14-,21-16-/t75?,76?,77-,78-/m1/s1.